The van der Waals surface area contributed by atoms with Crippen LogP contribution in [0.5, 0.6) is 11.5 Å². The molecule has 124 valence electrons. The summed E-state index contributed by atoms with van der Waals surface area (Å²) in [6, 6.07) is 7.26. The monoisotopic (exact) mass is 381 g/mol. The lowest BCUT2D eigenvalue weighted by molar-refractivity contribution is 0.0540. The van der Waals surface area contributed by atoms with Gasteiger partial charge in [-0.2, -0.15) is 0 Å². The van der Waals surface area contributed by atoms with E-state index in [-0.39, 0.29) is 0 Å². The maximum Gasteiger partial charge on any atom is 0.419 e. The molecule has 0 bridgehead atoms. The van der Waals surface area contributed by atoms with Crippen LogP contribution in [0.15, 0.2) is 34.9 Å². The van der Waals surface area contributed by atoms with Crippen molar-refractivity contribution in [2.24, 2.45) is 0 Å². The van der Waals surface area contributed by atoms with Crippen LogP contribution in [0.3, 0.4) is 0 Å². The minimum Gasteiger partial charge on any atom is -0.497 e. The molecule has 0 amide bonds. The molecule has 0 fully saturated rings. The number of ether oxygens (including phenoxy) is 3. The molecule has 0 aliphatic carbocycles. The van der Waals surface area contributed by atoms with Crippen LogP contribution in [0, 0.1) is 0 Å². The number of hydrogen-bond acceptors (Lipinski definition) is 4. The zero-order valence-electron chi connectivity index (χ0n) is 13.8. The predicted molar refractivity (Wildman–Crippen MR) is 92.3 cm³/mol. The van der Waals surface area contributed by atoms with Gasteiger partial charge in [0.25, 0.3) is 0 Å². The minimum atomic E-state index is -0.580. The molecule has 1 heterocycles. The van der Waals surface area contributed by atoms with Gasteiger partial charge in [0.2, 0.25) is 0 Å². The van der Waals surface area contributed by atoms with Gasteiger partial charge in [0.05, 0.1) is 19.9 Å². The minimum absolute atomic E-state index is 0.455. The molecule has 0 spiro atoms. The number of rotatable bonds is 3. The fraction of sp³-hybridized carbons (Fsp3) is 0.353. The van der Waals surface area contributed by atoms with E-state index < -0.39 is 11.7 Å². The third-order valence-electron chi connectivity index (χ3n) is 3.06. The van der Waals surface area contributed by atoms with Gasteiger partial charge in [0.15, 0.2) is 0 Å². The van der Waals surface area contributed by atoms with Crippen molar-refractivity contribution in [3.05, 3.63) is 34.9 Å². The van der Waals surface area contributed by atoms with Gasteiger partial charge in [-0.25, -0.2) is 4.79 Å². The van der Waals surface area contributed by atoms with E-state index >= 15 is 0 Å². The van der Waals surface area contributed by atoms with Gasteiger partial charge >= 0.3 is 6.09 Å². The van der Waals surface area contributed by atoms with E-state index in [0.717, 1.165) is 10.0 Å². The molecule has 0 aliphatic rings. The Balaban J connectivity index is 2.55. The van der Waals surface area contributed by atoms with Crippen molar-refractivity contribution in [3.8, 4) is 22.8 Å². The van der Waals surface area contributed by atoms with Gasteiger partial charge in [-0.3, -0.25) is 4.57 Å². The number of benzene rings is 1. The van der Waals surface area contributed by atoms with Crippen LogP contribution < -0.4 is 9.47 Å². The molecule has 2 aromatic rings. The van der Waals surface area contributed by atoms with Crippen LogP contribution in [0.2, 0.25) is 0 Å². The highest BCUT2D eigenvalue weighted by Crippen LogP contribution is 2.35. The Morgan fingerprint density at radius 3 is 2.39 bits per heavy atom. The fourth-order valence-electron chi connectivity index (χ4n) is 2.11. The first-order chi connectivity index (χ1) is 10.7. The molecule has 1 aromatic carbocycles. The number of nitrogens with zero attached hydrogens (tertiary/aromatic N) is 1. The summed E-state index contributed by atoms with van der Waals surface area (Å²) in [5, 5.41) is 0. The van der Waals surface area contributed by atoms with Crippen LogP contribution >= 0.6 is 15.9 Å². The number of aromatic nitrogens is 1. The Morgan fingerprint density at radius 1 is 1.13 bits per heavy atom. The molecule has 5 nitrogen and oxygen atoms in total. The van der Waals surface area contributed by atoms with Crippen LogP contribution in [-0.4, -0.2) is 30.5 Å². The van der Waals surface area contributed by atoms with E-state index in [9.17, 15) is 4.79 Å². The summed E-state index contributed by atoms with van der Waals surface area (Å²) >= 11 is 3.41. The molecule has 2 rings (SSSR count). The smallest absolute Gasteiger partial charge is 0.419 e. The molecule has 0 aliphatic heterocycles. The second-order valence-electron chi connectivity index (χ2n) is 5.96. The summed E-state index contributed by atoms with van der Waals surface area (Å²) in [7, 11) is 3.18. The first kappa shape index (κ1) is 17.4. The Hall–Kier alpha value is -1.95. The molecule has 0 radical (unpaired) electrons. The van der Waals surface area contributed by atoms with Crippen LogP contribution in [0.4, 0.5) is 4.79 Å². The number of carbonyl (C=O) groups is 1. The Kier molecular flexibility index (Phi) is 5.04. The number of halogens is 1. The van der Waals surface area contributed by atoms with E-state index in [0.29, 0.717) is 17.2 Å². The highest BCUT2D eigenvalue weighted by Gasteiger charge is 2.22. The molecule has 6 heteroatoms. The summed E-state index contributed by atoms with van der Waals surface area (Å²) in [5.74, 6) is 1.31. The highest BCUT2D eigenvalue weighted by atomic mass is 79.9. The molecule has 0 N–H and O–H groups in total. The number of hydrogen-bond donors (Lipinski definition) is 0. The largest absolute Gasteiger partial charge is 0.497 e. The molecular formula is C17H20BrNO4. The quantitative estimate of drug-likeness (QED) is 0.771. The van der Waals surface area contributed by atoms with Gasteiger partial charge in [-0.05, 0) is 61.0 Å². The molecule has 23 heavy (non-hydrogen) atoms. The average Bonchev–Trinajstić information content (AvgIpc) is 2.86. The molecule has 0 atom stereocenters. The third kappa shape index (κ3) is 4.07. The molecule has 1 aromatic heterocycles. The number of carbonyl (C=O) groups excluding carboxylic acids is 1. The van der Waals surface area contributed by atoms with Crippen molar-refractivity contribution in [3.63, 3.8) is 0 Å². The SMILES string of the molecule is COc1ccc(OC)c(-c2cc(Br)cn2C(=O)OC(C)(C)C)c1. The van der Waals surface area contributed by atoms with Crippen molar-refractivity contribution in [1.29, 1.82) is 0 Å². The van der Waals surface area contributed by atoms with Crippen molar-refractivity contribution in [1.82, 2.24) is 4.57 Å². The second kappa shape index (κ2) is 6.66. The van der Waals surface area contributed by atoms with Crippen LogP contribution in [0.25, 0.3) is 11.3 Å². The summed E-state index contributed by atoms with van der Waals surface area (Å²) in [4.78, 5) is 12.5. The molecule has 0 saturated heterocycles. The molecule has 0 saturated carbocycles. The van der Waals surface area contributed by atoms with Crippen LogP contribution in [-0.2, 0) is 4.74 Å². The maximum atomic E-state index is 12.5. The van der Waals surface area contributed by atoms with Gasteiger partial charge in [0, 0.05) is 16.2 Å². The topological polar surface area (TPSA) is 49.7 Å². The van der Waals surface area contributed by atoms with Gasteiger partial charge in [-0.15, -0.1) is 0 Å². The Labute approximate surface area is 144 Å². The summed E-state index contributed by atoms with van der Waals surface area (Å²) < 4.78 is 18.4. The predicted octanol–water partition coefficient (Wildman–Crippen LogP) is 4.72. The van der Waals surface area contributed by atoms with Gasteiger partial charge in [-0.1, -0.05) is 0 Å². The summed E-state index contributed by atoms with van der Waals surface area (Å²) in [6.07, 6.45) is 1.21. The summed E-state index contributed by atoms with van der Waals surface area (Å²) in [6.45, 7) is 5.49. The zero-order chi connectivity index (χ0) is 17.2. The third-order valence-corrected chi connectivity index (χ3v) is 3.49. The molecule has 0 unspecified atom stereocenters. The van der Waals surface area contributed by atoms with E-state index in [1.165, 1.54) is 4.57 Å². The first-order valence-corrected chi connectivity index (χ1v) is 7.88. The Bertz CT molecular complexity index is 716. The normalized spacial score (nSPS) is 11.2. The van der Waals surface area contributed by atoms with Gasteiger partial charge in [0.1, 0.15) is 17.1 Å². The standard InChI is InChI=1S/C17H20BrNO4/c1-17(2,3)23-16(20)19-10-11(18)8-14(19)13-9-12(21-4)6-7-15(13)22-5/h6-10H,1-5H3. The van der Waals surface area contributed by atoms with E-state index in [1.54, 1.807) is 32.5 Å². The lowest BCUT2D eigenvalue weighted by Crippen LogP contribution is -2.27. The number of methoxy groups -OCH3 is 2. The van der Waals surface area contributed by atoms with Crippen molar-refractivity contribution in [2.75, 3.05) is 14.2 Å². The first-order valence-electron chi connectivity index (χ1n) is 7.09. The van der Waals surface area contributed by atoms with Crippen LogP contribution in [0.1, 0.15) is 20.8 Å². The van der Waals surface area contributed by atoms with Crippen molar-refractivity contribution in [2.45, 2.75) is 26.4 Å². The van der Waals surface area contributed by atoms with Crippen molar-refractivity contribution >= 4 is 22.0 Å². The second-order valence-corrected chi connectivity index (χ2v) is 6.88. The zero-order valence-corrected chi connectivity index (χ0v) is 15.4. The molecular weight excluding hydrogens is 362 g/mol. The lowest BCUT2D eigenvalue weighted by Gasteiger charge is -2.21. The summed E-state index contributed by atoms with van der Waals surface area (Å²) in [5.41, 5.74) is 0.814. The average molecular weight is 382 g/mol. The lowest BCUT2D eigenvalue weighted by atomic mass is 10.1. The highest BCUT2D eigenvalue weighted by molar-refractivity contribution is 9.10. The van der Waals surface area contributed by atoms with Crippen molar-refractivity contribution < 1.29 is 19.0 Å². The van der Waals surface area contributed by atoms with E-state index in [2.05, 4.69) is 15.9 Å². The van der Waals surface area contributed by atoms with E-state index in [4.69, 9.17) is 14.2 Å². The maximum absolute atomic E-state index is 12.5. The Morgan fingerprint density at radius 2 is 1.83 bits per heavy atom. The van der Waals surface area contributed by atoms with E-state index in [1.807, 2.05) is 32.9 Å². The fourth-order valence-corrected chi connectivity index (χ4v) is 2.54. The van der Waals surface area contributed by atoms with Gasteiger partial charge < -0.3 is 14.2 Å².